The fourth-order valence-corrected chi connectivity index (χ4v) is 4.58. The molecule has 5 nitrogen and oxygen atoms in total. The maximum Gasteiger partial charge on any atom is 0.278 e. The van der Waals surface area contributed by atoms with E-state index in [1.165, 1.54) is 4.90 Å². The second-order valence-corrected chi connectivity index (χ2v) is 7.72. The number of benzene rings is 2. The van der Waals surface area contributed by atoms with Crippen LogP contribution in [0.3, 0.4) is 0 Å². The van der Waals surface area contributed by atoms with E-state index in [4.69, 9.17) is 16.3 Å². The first-order valence-corrected chi connectivity index (χ1v) is 9.77. The summed E-state index contributed by atoms with van der Waals surface area (Å²) in [7, 11) is 5.16. The van der Waals surface area contributed by atoms with Crippen LogP contribution in [0, 0.1) is 0 Å². The minimum Gasteiger partial charge on any atom is -0.495 e. The van der Waals surface area contributed by atoms with Crippen molar-refractivity contribution in [2.75, 3.05) is 19.1 Å². The molecule has 138 valence electrons. The van der Waals surface area contributed by atoms with Crippen molar-refractivity contribution >= 4 is 35.0 Å². The summed E-state index contributed by atoms with van der Waals surface area (Å²) >= 11 is 7.85. The summed E-state index contributed by atoms with van der Waals surface area (Å²) in [6, 6.07) is 13.4. The van der Waals surface area contributed by atoms with Crippen molar-refractivity contribution in [3.63, 3.8) is 0 Å². The van der Waals surface area contributed by atoms with Crippen molar-refractivity contribution in [2.45, 2.75) is 10.6 Å². The van der Waals surface area contributed by atoms with Crippen molar-refractivity contribution < 1.29 is 9.53 Å². The first kappa shape index (κ1) is 17.9. The number of hydrogen-bond donors (Lipinski definition) is 0. The highest BCUT2D eigenvalue weighted by atomic mass is 35.5. The van der Waals surface area contributed by atoms with Gasteiger partial charge in [-0.1, -0.05) is 29.8 Å². The lowest BCUT2D eigenvalue weighted by molar-refractivity contribution is 0.0986. The average molecular weight is 400 g/mol. The fraction of sp³-hybridized carbons (Fsp3) is 0.200. The zero-order valence-electron chi connectivity index (χ0n) is 15.2. The summed E-state index contributed by atoms with van der Waals surface area (Å²) in [4.78, 5) is 16.0. The van der Waals surface area contributed by atoms with Gasteiger partial charge in [-0.15, -0.1) is 11.8 Å². The maximum absolute atomic E-state index is 13.3. The number of ether oxygens (including phenoxy) is 1. The second kappa shape index (κ2) is 6.94. The number of methoxy groups -OCH3 is 1. The van der Waals surface area contributed by atoms with Crippen LogP contribution in [-0.4, -0.2) is 29.8 Å². The maximum atomic E-state index is 13.3. The third-order valence-corrected chi connectivity index (χ3v) is 6.00. The van der Waals surface area contributed by atoms with E-state index in [0.717, 1.165) is 16.8 Å². The number of halogens is 1. The molecule has 7 heteroatoms. The molecule has 27 heavy (non-hydrogen) atoms. The Balaban J connectivity index is 1.78. The third-order valence-electron chi connectivity index (χ3n) is 4.67. The van der Waals surface area contributed by atoms with E-state index in [1.807, 2.05) is 19.2 Å². The average Bonchev–Trinajstić information content (AvgIpc) is 3.04. The number of anilines is 1. The predicted molar refractivity (Wildman–Crippen MR) is 109 cm³/mol. The van der Waals surface area contributed by atoms with Crippen molar-refractivity contribution in [1.29, 1.82) is 0 Å². The van der Waals surface area contributed by atoms with Gasteiger partial charge < -0.3 is 9.64 Å². The number of nitrogens with zero attached hydrogens (tertiary/aromatic N) is 3. The lowest BCUT2D eigenvalue weighted by Gasteiger charge is -2.21. The summed E-state index contributed by atoms with van der Waals surface area (Å²) < 4.78 is 7.19. The second-order valence-electron chi connectivity index (χ2n) is 6.26. The summed E-state index contributed by atoms with van der Waals surface area (Å²) in [5, 5.41) is 5.09. The van der Waals surface area contributed by atoms with Gasteiger partial charge >= 0.3 is 0 Å². The molecular weight excluding hydrogens is 382 g/mol. The number of amides is 1. The number of fused-ring (bicyclic) bond motifs is 3. The van der Waals surface area contributed by atoms with Crippen LogP contribution in [0.5, 0.6) is 5.75 Å². The summed E-state index contributed by atoms with van der Waals surface area (Å²) in [6.07, 6.45) is 0. The van der Waals surface area contributed by atoms with Crippen LogP contribution in [0.25, 0.3) is 11.3 Å². The van der Waals surface area contributed by atoms with E-state index in [-0.39, 0.29) is 5.91 Å². The molecule has 0 bridgehead atoms. The highest BCUT2D eigenvalue weighted by molar-refractivity contribution is 7.98. The van der Waals surface area contributed by atoms with E-state index < -0.39 is 0 Å². The molecular formula is C20H18ClN3O2S. The largest absolute Gasteiger partial charge is 0.495 e. The minimum atomic E-state index is -0.188. The first-order valence-electron chi connectivity index (χ1n) is 8.41. The van der Waals surface area contributed by atoms with Crippen LogP contribution >= 0.6 is 23.4 Å². The van der Waals surface area contributed by atoms with Crippen molar-refractivity contribution in [2.24, 2.45) is 7.05 Å². The molecule has 0 aliphatic carbocycles. The molecule has 1 aromatic heterocycles. The van der Waals surface area contributed by atoms with Gasteiger partial charge in [0.2, 0.25) is 0 Å². The highest BCUT2D eigenvalue weighted by Crippen LogP contribution is 2.43. The number of carbonyl (C=O) groups excluding carboxylic acids is 1. The summed E-state index contributed by atoms with van der Waals surface area (Å²) in [5.41, 5.74) is 4.14. The van der Waals surface area contributed by atoms with E-state index in [1.54, 1.807) is 53.7 Å². The number of thioether (sulfide) groups is 1. The quantitative estimate of drug-likeness (QED) is 0.644. The minimum absolute atomic E-state index is 0.188. The molecule has 0 radical (unpaired) electrons. The van der Waals surface area contributed by atoms with E-state index in [2.05, 4.69) is 17.2 Å². The Hall–Kier alpha value is -2.44. The monoisotopic (exact) mass is 399 g/mol. The molecule has 0 spiro atoms. The molecule has 2 aromatic carbocycles. The molecule has 3 aromatic rings. The molecule has 1 amide bonds. The molecule has 0 saturated heterocycles. The molecule has 0 fully saturated rings. The first-order chi connectivity index (χ1) is 13.0. The Labute approximate surface area is 166 Å². The van der Waals surface area contributed by atoms with Gasteiger partial charge in [0, 0.05) is 40.9 Å². The van der Waals surface area contributed by atoms with Gasteiger partial charge in [0.1, 0.15) is 5.75 Å². The highest BCUT2D eigenvalue weighted by Gasteiger charge is 2.30. The fourth-order valence-electron chi connectivity index (χ4n) is 3.34. The molecule has 0 N–H and O–H groups in total. The van der Waals surface area contributed by atoms with E-state index in [9.17, 15) is 4.79 Å². The zero-order chi connectivity index (χ0) is 19.1. The Morgan fingerprint density at radius 1 is 1.30 bits per heavy atom. The molecule has 2 heterocycles. The Morgan fingerprint density at radius 3 is 2.85 bits per heavy atom. The van der Waals surface area contributed by atoms with Crippen LogP contribution in [0.2, 0.25) is 5.02 Å². The molecule has 0 saturated carbocycles. The lowest BCUT2D eigenvalue weighted by Crippen LogP contribution is -2.28. The van der Waals surface area contributed by atoms with Gasteiger partial charge in [0.15, 0.2) is 5.69 Å². The zero-order valence-corrected chi connectivity index (χ0v) is 16.8. The smallest absolute Gasteiger partial charge is 0.278 e. The number of rotatable bonds is 3. The van der Waals surface area contributed by atoms with Gasteiger partial charge in [-0.05, 0) is 24.3 Å². The normalized spacial score (nSPS) is 12.3. The van der Waals surface area contributed by atoms with Gasteiger partial charge in [-0.2, -0.15) is 5.10 Å². The van der Waals surface area contributed by atoms with Gasteiger partial charge in [0.25, 0.3) is 5.91 Å². The number of aryl methyl sites for hydroxylation is 1. The van der Waals surface area contributed by atoms with Crippen LogP contribution in [-0.2, 0) is 12.8 Å². The van der Waals surface area contributed by atoms with Crippen molar-refractivity contribution in [3.8, 4) is 17.0 Å². The Kier molecular flexibility index (Phi) is 4.61. The summed E-state index contributed by atoms with van der Waals surface area (Å²) in [5.74, 6) is 1.11. The van der Waals surface area contributed by atoms with Crippen molar-refractivity contribution in [1.82, 2.24) is 9.78 Å². The van der Waals surface area contributed by atoms with Crippen LogP contribution < -0.4 is 9.64 Å². The van der Waals surface area contributed by atoms with E-state index >= 15 is 0 Å². The van der Waals surface area contributed by atoms with Gasteiger partial charge in [-0.25, -0.2) is 0 Å². The topological polar surface area (TPSA) is 47.4 Å². The van der Waals surface area contributed by atoms with Crippen LogP contribution in [0.4, 0.5) is 5.69 Å². The number of carbonyl (C=O) groups is 1. The molecule has 0 unspecified atom stereocenters. The molecule has 1 aliphatic rings. The molecule has 1 aliphatic heterocycles. The van der Waals surface area contributed by atoms with Gasteiger partial charge in [0.05, 0.1) is 18.5 Å². The molecule has 0 atom stereocenters. The SMILES string of the molecule is COc1ccc(Cl)cc1N(C)C(=O)c1nn(C)c2c1CSc1ccccc1-2. The standard InChI is InChI=1S/C20H18ClN3O2S/c1-23(15-10-12(21)8-9-16(15)26-3)20(25)18-14-11-27-17-7-5-4-6-13(17)19(14)24(2)22-18/h4-10H,11H2,1-3H3. The van der Waals surface area contributed by atoms with Gasteiger partial charge in [-0.3, -0.25) is 9.48 Å². The van der Waals surface area contributed by atoms with Crippen LogP contribution in [0.15, 0.2) is 47.4 Å². The Morgan fingerprint density at radius 2 is 2.07 bits per heavy atom. The third kappa shape index (κ3) is 2.99. The number of hydrogen-bond acceptors (Lipinski definition) is 4. The summed E-state index contributed by atoms with van der Waals surface area (Å²) in [6.45, 7) is 0. The van der Waals surface area contributed by atoms with Crippen molar-refractivity contribution in [3.05, 3.63) is 58.7 Å². The van der Waals surface area contributed by atoms with Crippen LogP contribution in [0.1, 0.15) is 16.1 Å². The Bertz CT molecular complexity index is 1050. The predicted octanol–water partition coefficient (Wildman–Crippen LogP) is 4.63. The van der Waals surface area contributed by atoms with E-state index in [0.29, 0.717) is 27.9 Å². The lowest BCUT2D eigenvalue weighted by atomic mass is 10.1. The number of aromatic nitrogens is 2. The molecule has 4 rings (SSSR count).